The Kier molecular flexibility index (Phi) is 5.59. The Hall–Kier alpha value is -3.21. The number of hydrogen-bond donors (Lipinski definition) is 2. The Morgan fingerprint density at radius 2 is 1.81 bits per heavy atom. The van der Waals surface area contributed by atoms with E-state index in [0.29, 0.717) is 17.9 Å². The normalized spacial score (nSPS) is 10.4. The van der Waals surface area contributed by atoms with Gasteiger partial charge in [-0.2, -0.15) is 0 Å². The van der Waals surface area contributed by atoms with Crippen LogP contribution in [0.15, 0.2) is 60.7 Å². The fourth-order valence-corrected chi connectivity index (χ4v) is 2.55. The summed E-state index contributed by atoms with van der Waals surface area (Å²) >= 11 is 0. The minimum absolute atomic E-state index is 0.0549. The van der Waals surface area contributed by atoms with Crippen molar-refractivity contribution in [2.75, 3.05) is 11.9 Å². The summed E-state index contributed by atoms with van der Waals surface area (Å²) in [5.74, 6) is 0.602. The molecule has 1 heterocycles. The molecule has 0 radical (unpaired) electrons. The highest BCUT2D eigenvalue weighted by Gasteiger charge is 2.05. The lowest BCUT2D eigenvalue weighted by Crippen LogP contribution is -2.23. The van der Waals surface area contributed by atoms with Crippen molar-refractivity contribution in [2.45, 2.75) is 20.3 Å². The second-order valence-corrected chi connectivity index (χ2v) is 6.13. The van der Waals surface area contributed by atoms with Crippen LogP contribution in [-0.4, -0.2) is 22.6 Å². The van der Waals surface area contributed by atoms with Gasteiger partial charge in [0.1, 0.15) is 0 Å². The van der Waals surface area contributed by atoms with Crippen molar-refractivity contribution in [3.63, 3.8) is 0 Å². The molecule has 0 aliphatic rings. The number of nitrogens with zero attached hydrogens (tertiary/aromatic N) is 2. The van der Waals surface area contributed by atoms with Crippen LogP contribution < -0.4 is 10.6 Å². The number of rotatable bonds is 6. The van der Waals surface area contributed by atoms with Crippen molar-refractivity contribution >= 4 is 17.4 Å². The minimum atomic E-state index is -0.0549. The predicted molar refractivity (Wildman–Crippen MR) is 105 cm³/mol. The first-order chi connectivity index (χ1) is 12.7. The summed E-state index contributed by atoms with van der Waals surface area (Å²) in [6.07, 6.45) is 0.919. The van der Waals surface area contributed by atoms with E-state index < -0.39 is 0 Å². The maximum absolute atomic E-state index is 11.9. The van der Waals surface area contributed by atoms with Gasteiger partial charge in [0.25, 0.3) is 5.91 Å². The molecular formula is C21H22N4O. The van der Waals surface area contributed by atoms with Crippen LogP contribution in [0.3, 0.4) is 0 Å². The number of anilines is 2. The van der Waals surface area contributed by atoms with E-state index in [2.05, 4.69) is 39.9 Å². The molecule has 0 saturated heterocycles. The van der Waals surface area contributed by atoms with Crippen molar-refractivity contribution in [3.05, 3.63) is 71.8 Å². The van der Waals surface area contributed by atoms with Gasteiger partial charge in [-0.1, -0.05) is 30.7 Å². The zero-order valence-corrected chi connectivity index (χ0v) is 15.0. The molecule has 0 unspecified atom stereocenters. The van der Waals surface area contributed by atoms with Crippen LogP contribution in [-0.2, 0) is 0 Å². The van der Waals surface area contributed by atoms with Crippen molar-refractivity contribution in [2.24, 2.45) is 0 Å². The molecule has 2 N–H and O–H groups in total. The molecule has 0 saturated carbocycles. The van der Waals surface area contributed by atoms with Gasteiger partial charge in [0.15, 0.2) is 5.82 Å². The molecule has 0 fully saturated rings. The summed E-state index contributed by atoms with van der Waals surface area (Å²) in [5.41, 5.74) is 4.57. The Labute approximate surface area is 153 Å². The zero-order valence-electron chi connectivity index (χ0n) is 15.0. The summed E-state index contributed by atoms with van der Waals surface area (Å²) in [5, 5.41) is 14.6. The van der Waals surface area contributed by atoms with Crippen LogP contribution in [0.25, 0.3) is 11.3 Å². The van der Waals surface area contributed by atoms with Crippen molar-refractivity contribution in [3.8, 4) is 11.3 Å². The molecule has 5 heteroatoms. The van der Waals surface area contributed by atoms with Gasteiger partial charge in [-0.15, -0.1) is 10.2 Å². The molecular weight excluding hydrogens is 324 g/mol. The maximum atomic E-state index is 11.9. The van der Waals surface area contributed by atoms with E-state index in [-0.39, 0.29) is 5.91 Å². The molecule has 0 spiro atoms. The lowest BCUT2D eigenvalue weighted by atomic mass is 10.1. The molecule has 0 atom stereocenters. The number of carbonyl (C=O) groups is 1. The highest BCUT2D eigenvalue weighted by atomic mass is 16.1. The van der Waals surface area contributed by atoms with E-state index >= 15 is 0 Å². The molecule has 26 heavy (non-hydrogen) atoms. The summed E-state index contributed by atoms with van der Waals surface area (Å²) in [4.78, 5) is 11.9. The van der Waals surface area contributed by atoms with Crippen molar-refractivity contribution in [1.29, 1.82) is 0 Å². The highest BCUT2D eigenvalue weighted by molar-refractivity contribution is 5.94. The number of amides is 1. The van der Waals surface area contributed by atoms with Gasteiger partial charge in [0, 0.05) is 23.4 Å². The largest absolute Gasteiger partial charge is 0.352 e. The highest BCUT2D eigenvalue weighted by Crippen LogP contribution is 2.20. The van der Waals surface area contributed by atoms with E-state index in [9.17, 15) is 4.79 Å². The molecule has 132 valence electrons. The van der Waals surface area contributed by atoms with Gasteiger partial charge in [0.2, 0.25) is 0 Å². The summed E-state index contributed by atoms with van der Waals surface area (Å²) in [6.45, 7) is 4.76. The molecule has 1 amide bonds. The molecule has 2 aromatic carbocycles. The predicted octanol–water partition coefficient (Wildman–Crippen LogP) is 4.34. The number of benzene rings is 2. The quantitative estimate of drug-likeness (QED) is 0.697. The Balaban J connectivity index is 1.66. The number of carbonyl (C=O) groups excluding carboxylic acids is 1. The van der Waals surface area contributed by atoms with Crippen LogP contribution >= 0.6 is 0 Å². The third-order valence-corrected chi connectivity index (χ3v) is 3.93. The molecule has 0 aliphatic heterocycles. The Morgan fingerprint density at radius 1 is 1.00 bits per heavy atom. The second kappa shape index (κ2) is 8.25. The molecule has 3 aromatic rings. The van der Waals surface area contributed by atoms with Crippen LogP contribution in [0.5, 0.6) is 0 Å². The number of hydrogen-bond acceptors (Lipinski definition) is 4. The van der Waals surface area contributed by atoms with Crippen molar-refractivity contribution < 1.29 is 4.79 Å². The van der Waals surface area contributed by atoms with Gasteiger partial charge >= 0.3 is 0 Å². The number of aromatic nitrogens is 2. The second-order valence-electron chi connectivity index (χ2n) is 6.13. The van der Waals surface area contributed by atoms with Gasteiger partial charge in [-0.05, 0) is 55.8 Å². The van der Waals surface area contributed by atoms with Crippen molar-refractivity contribution in [1.82, 2.24) is 15.5 Å². The Bertz CT molecular complexity index is 873. The molecule has 3 rings (SSSR count). The van der Waals surface area contributed by atoms with E-state index in [0.717, 1.165) is 23.4 Å². The van der Waals surface area contributed by atoms with E-state index in [1.54, 1.807) is 12.1 Å². The number of nitrogens with one attached hydrogen (secondary N) is 2. The third kappa shape index (κ3) is 4.45. The van der Waals surface area contributed by atoms with Crippen LogP contribution in [0, 0.1) is 6.92 Å². The Morgan fingerprint density at radius 3 is 2.46 bits per heavy atom. The summed E-state index contributed by atoms with van der Waals surface area (Å²) in [6, 6.07) is 19.3. The monoisotopic (exact) mass is 346 g/mol. The smallest absolute Gasteiger partial charge is 0.251 e. The first-order valence-corrected chi connectivity index (χ1v) is 8.72. The SMILES string of the molecule is CCCNC(=O)c1ccc(Nc2ccc(-c3cccc(C)c3)nn2)cc1. The molecule has 5 nitrogen and oxygen atoms in total. The average molecular weight is 346 g/mol. The van der Waals surface area contributed by atoms with E-state index in [4.69, 9.17) is 0 Å². The molecule has 0 bridgehead atoms. The van der Waals surface area contributed by atoms with E-state index in [1.807, 2.05) is 43.3 Å². The van der Waals surface area contributed by atoms with Gasteiger partial charge in [0.05, 0.1) is 5.69 Å². The maximum Gasteiger partial charge on any atom is 0.251 e. The standard InChI is InChI=1S/C21H22N4O/c1-3-13-22-21(26)16-7-9-18(10-8-16)23-20-12-11-19(24-25-20)17-6-4-5-15(2)14-17/h4-12,14H,3,13H2,1-2H3,(H,22,26)(H,23,25). The minimum Gasteiger partial charge on any atom is -0.352 e. The first-order valence-electron chi connectivity index (χ1n) is 8.72. The van der Waals surface area contributed by atoms with Crippen LogP contribution in [0.4, 0.5) is 11.5 Å². The average Bonchev–Trinajstić information content (AvgIpc) is 2.67. The molecule has 1 aromatic heterocycles. The summed E-state index contributed by atoms with van der Waals surface area (Å²) < 4.78 is 0. The lowest BCUT2D eigenvalue weighted by Gasteiger charge is -2.08. The fourth-order valence-electron chi connectivity index (χ4n) is 2.55. The van der Waals surface area contributed by atoms with Crippen LogP contribution in [0.2, 0.25) is 0 Å². The van der Waals surface area contributed by atoms with Gasteiger partial charge in [-0.3, -0.25) is 4.79 Å². The number of aryl methyl sites for hydroxylation is 1. The lowest BCUT2D eigenvalue weighted by molar-refractivity contribution is 0.0953. The van der Waals surface area contributed by atoms with Gasteiger partial charge < -0.3 is 10.6 Å². The fraction of sp³-hybridized carbons (Fsp3) is 0.190. The van der Waals surface area contributed by atoms with Crippen LogP contribution in [0.1, 0.15) is 29.3 Å². The molecule has 0 aliphatic carbocycles. The first kappa shape index (κ1) is 17.6. The van der Waals surface area contributed by atoms with Gasteiger partial charge in [-0.25, -0.2) is 0 Å². The van der Waals surface area contributed by atoms with E-state index in [1.165, 1.54) is 5.56 Å². The third-order valence-electron chi connectivity index (χ3n) is 3.93. The summed E-state index contributed by atoms with van der Waals surface area (Å²) in [7, 11) is 0. The zero-order chi connectivity index (χ0) is 18.4. The topological polar surface area (TPSA) is 66.9 Å².